The number of para-hydroxylation sites is 1. The summed E-state index contributed by atoms with van der Waals surface area (Å²) in [6, 6.07) is 13.8. The molecule has 2 aromatic rings. The highest BCUT2D eigenvalue weighted by molar-refractivity contribution is 8.26. The van der Waals surface area contributed by atoms with Crippen molar-refractivity contribution in [3.8, 4) is 0 Å². The van der Waals surface area contributed by atoms with Crippen LogP contribution in [0.2, 0.25) is 5.02 Å². The minimum absolute atomic E-state index is 0.196. The first-order chi connectivity index (χ1) is 13.9. The molecule has 1 saturated heterocycles. The number of carbonyl (C=O) groups excluding carboxylic acids is 3. The Morgan fingerprint density at radius 2 is 1.90 bits per heavy atom. The minimum atomic E-state index is -0.401. The summed E-state index contributed by atoms with van der Waals surface area (Å²) in [4.78, 5) is 41.3. The van der Waals surface area contributed by atoms with Crippen LogP contribution in [0, 0.1) is 0 Å². The van der Waals surface area contributed by atoms with E-state index in [1.54, 1.807) is 55.6 Å². The van der Waals surface area contributed by atoms with Crippen molar-refractivity contribution < 1.29 is 14.4 Å². The minimum Gasteiger partial charge on any atom is -0.324 e. The largest absolute Gasteiger partial charge is 0.324 e. The van der Waals surface area contributed by atoms with Gasteiger partial charge in [-0.25, -0.2) is 0 Å². The molecule has 0 atom stereocenters. The smallest absolute Gasteiger partial charge is 0.266 e. The molecule has 2 aliphatic rings. The summed E-state index contributed by atoms with van der Waals surface area (Å²) in [5.41, 5.74) is 2.00. The Labute approximate surface area is 181 Å². The molecule has 9 heteroatoms. The Bertz CT molecular complexity index is 1120. The molecule has 1 N–H and O–H groups in total. The molecular weight excluding hydrogens is 430 g/mol. The Hall–Kier alpha value is -2.68. The molecule has 29 heavy (non-hydrogen) atoms. The summed E-state index contributed by atoms with van der Waals surface area (Å²) in [5.74, 6) is -1.09. The quantitative estimate of drug-likeness (QED) is 0.580. The first-order valence-electron chi connectivity index (χ1n) is 8.57. The van der Waals surface area contributed by atoms with Gasteiger partial charge < -0.3 is 5.32 Å². The van der Waals surface area contributed by atoms with Gasteiger partial charge in [-0.3, -0.25) is 24.2 Å². The number of fused-ring (bicyclic) bond motifs is 1. The Balaban J connectivity index is 1.66. The predicted octanol–water partition coefficient (Wildman–Crippen LogP) is 3.53. The molecule has 0 unspecified atom stereocenters. The van der Waals surface area contributed by atoms with Gasteiger partial charge in [0, 0.05) is 23.3 Å². The summed E-state index contributed by atoms with van der Waals surface area (Å²) in [6.07, 6.45) is 0. The zero-order valence-electron chi connectivity index (χ0n) is 15.1. The fraction of sp³-hybridized carbons (Fsp3) is 0.100. The summed E-state index contributed by atoms with van der Waals surface area (Å²) in [6.45, 7) is -0.196. The van der Waals surface area contributed by atoms with Crippen LogP contribution in [0.3, 0.4) is 0 Å². The summed E-state index contributed by atoms with van der Waals surface area (Å²) in [7, 11) is 1.58. The molecule has 0 radical (unpaired) electrons. The maximum atomic E-state index is 13.2. The lowest BCUT2D eigenvalue weighted by atomic mass is 10.1. The molecule has 3 amide bonds. The van der Waals surface area contributed by atoms with E-state index < -0.39 is 5.91 Å². The number of rotatable bonds is 3. The van der Waals surface area contributed by atoms with Gasteiger partial charge in [-0.05, 0) is 24.3 Å². The van der Waals surface area contributed by atoms with Gasteiger partial charge in [0.1, 0.15) is 10.9 Å². The number of thiocarbonyl (C=S) groups is 1. The normalized spacial score (nSPS) is 18.5. The van der Waals surface area contributed by atoms with E-state index in [0.29, 0.717) is 26.3 Å². The van der Waals surface area contributed by atoms with E-state index in [9.17, 15) is 14.4 Å². The second-order valence-electron chi connectivity index (χ2n) is 6.40. The van der Waals surface area contributed by atoms with Crippen molar-refractivity contribution in [3.63, 3.8) is 0 Å². The number of nitrogens with zero attached hydrogens (tertiary/aromatic N) is 2. The maximum Gasteiger partial charge on any atom is 0.266 e. The van der Waals surface area contributed by atoms with Gasteiger partial charge in [-0.2, -0.15) is 0 Å². The number of carbonyl (C=O) groups is 3. The van der Waals surface area contributed by atoms with Crippen molar-refractivity contribution in [1.29, 1.82) is 0 Å². The summed E-state index contributed by atoms with van der Waals surface area (Å²) < 4.78 is 0.389. The zero-order valence-corrected chi connectivity index (χ0v) is 17.5. The van der Waals surface area contributed by atoms with Crippen molar-refractivity contribution >= 4 is 74.6 Å². The number of nitrogens with one attached hydrogen (secondary N) is 1. The van der Waals surface area contributed by atoms with E-state index in [1.807, 2.05) is 0 Å². The van der Waals surface area contributed by atoms with E-state index in [0.717, 1.165) is 11.8 Å². The lowest BCUT2D eigenvalue weighted by molar-refractivity contribution is -0.121. The summed E-state index contributed by atoms with van der Waals surface area (Å²) >= 11 is 12.2. The van der Waals surface area contributed by atoms with Crippen LogP contribution >= 0.6 is 35.6 Å². The van der Waals surface area contributed by atoms with Gasteiger partial charge in [0.25, 0.3) is 11.8 Å². The Morgan fingerprint density at radius 3 is 2.59 bits per heavy atom. The SMILES string of the molecule is CN1C(=O)/C(=C2/C(=O)N(CC(=O)Nc3cccc(Cl)c3)c3ccccc32)SC1=S. The molecule has 4 rings (SSSR count). The average molecular weight is 444 g/mol. The fourth-order valence-electron chi connectivity index (χ4n) is 3.16. The number of anilines is 2. The van der Waals surface area contributed by atoms with Gasteiger partial charge in [-0.1, -0.05) is 59.8 Å². The van der Waals surface area contributed by atoms with Gasteiger partial charge in [0.15, 0.2) is 0 Å². The molecular formula is C20H14ClN3O3S2. The summed E-state index contributed by atoms with van der Waals surface area (Å²) in [5, 5.41) is 3.23. The standard InChI is InChI=1S/C20H14ClN3O3S2/c1-23-19(27)17(29-20(23)28)16-13-7-2-3-8-14(13)24(18(16)26)10-15(25)22-12-6-4-5-11(21)9-12/h2-9H,10H2,1H3,(H,22,25)/b17-16-. The van der Waals surface area contributed by atoms with Crippen LogP contribution in [0.4, 0.5) is 11.4 Å². The molecule has 146 valence electrons. The van der Waals surface area contributed by atoms with E-state index in [1.165, 1.54) is 9.80 Å². The number of thioether (sulfide) groups is 1. The number of halogens is 1. The third-order valence-corrected chi connectivity index (χ3v) is 6.31. The average Bonchev–Trinajstić information content (AvgIpc) is 3.10. The number of amides is 3. The van der Waals surface area contributed by atoms with Gasteiger partial charge in [0.05, 0.1) is 16.2 Å². The molecule has 6 nitrogen and oxygen atoms in total. The van der Waals surface area contributed by atoms with E-state index in [-0.39, 0.29) is 28.8 Å². The second kappa shape index (κ2) is 7.62. The third kappa shape index (κ3) is 3.55. The number of hydrogen-bond acceptors (Lipinski definition) is 5. The first-order valence-corrected chi connectivity index (χ1v) is 10.2. The van der Waals surface area contributed by atoms with Crippen LogP contribution in [-0.2, 0) is 14.4 Å². The van der Waals surface area contributed by atoms with Crippen molar-refractivity contribution in [1.82, 2.24) is 4.90 Å². The fourth-order valence-corrected chi connectivity index (χ4v) is 4.60. The van der Waals surface area contributed by atoms with E-state index in [2.05, 4.69) is 5.32 Å². The molecule has 2 aromatic carbocycles. The van der Waals surface area contributed by atoms with Crippen LogP contribution in [0.5, 0.6) is 0 Å². The molecule has 0 aliphatic carbocycles. The van der Waals surface area contributed by atoms with Crippen LogP contribution in [0.1, 0.15) is 5.56 Å². The van der Waals surface area contributed by atoms with Crippen molar-refractivity contribution in [2.75, 3.05) is 23.8 Å². The molecule has 2 heterocycles. The molecule has 0 spiro atoms. The lowest BCUT2D eigenvalue weighted by Gasteiger charge is -2.16. The lowest BCUT2D eigenvalue weighted by Crippen LogP contribution is -2.35. The Kier molecular flexibility index (Phi) is 5.16. The molecule has 0 aromatic heterocycles. The number of likely N-dealkylation sites (N-methyl/N-ethyl adjacent to an activating group) is 1. The van der Waals surface area contributed by atoms with E-state index >= 15 is 0 Å². The number of hydrogen-bond donors (Lipinski definition) is 1. The van der Waals surface area contributed by atoms with Crippen LogP contribution in [0.15, 0.2) is 53.4 Å². The highest BCUT2D eigenvalue weighted by Crippen LogP contribution is 2.44. The molecule has 1 fully saturated rings. The van der Waals surface area contributed by atoms with Gasteiger partial charge in [0.2, 0.25) is 5.91 Å². The van der Waals surface area contributed by atoms with E-state index in [4.69, 9.17) is 23.8 Å². The first kappa shape index (κ1) is 19.6. The third-order valence-electron chi connectivity index (χ3n) is 4.52. The van der Waals surface area contributed by atoms with Crippen molar-refractivity contribution in [2.45, 2.75) is 0 Å². The van der Waals surface area contributed by atoms with Gasteiger partial charge in [-0.15, -0.1) is 0 Å². The predicted molar refractivity (Wildman–Crippen MR) is 119 cm³/mol. The Morgan fingerprint density at radius 1 is 1.14 bits per heavy atom. The molecule has 0 saturated carbocycles. The van der Waals surface area contributed by atoms with Crippen LogP contribution in [0.25, 0.3) is 5.57 Å². The van der Waals surface area contributed by atoms with Crippen LogP contribution in [-0.4, -0.2) is 40.5 Å². The van der Waals surface area contributed by atoms with Crippen molar-refractivity contribution in [2.24, 2.45) is 0 Å². The van der Waals surface area contributed by atoms with Gasteiger partial charge >= 0.3 is 0 Å². The zero-order chi connectivity index (χ0) is 20.7. The number of benzene rings is 2. The highest BCUT2D eigenvalue weighted by Gasteiger charge is 2.41. The molecule has 2 aliphatic heterocycles. The van der Waals surface area contributed by atoms with Crippen molar-refractivity contribution in [3.05, 3.63) is 64.0 Å². The second-order valence-corrected chi connectivity index (χ2v) is 8.48. The topological polar surface area (TPSA) is 69.7 Å². The molecule has 0 bridgehead atoms. The van der Waals surface area contributed by atoms with Crippen LogP contribution < -0.4 is 10.2 Å². The maximum absolute atomic E-state index is 13.2. The highest BCUT2D eigenvalue weighted by atomic mass is 35.5. The monoisotopic (exact) mass is 443 g/mol.